The second kappa shape index (κ2) is 6.98. The van der Waals surface area contributed by atoms with E-state index in [1.807, 2.05) is 24.3 Å². The smallest absolute Gasteiger partial charge is 0.200 e. The van der Waals surface area contributed by atoms with Crippen LogP contribution in [0.4, 0.5) is 0 Å². The van der Waals surface area contributed by atoms with Gasteiger partial charge in [0.2, 0.25) is 0 Å². The topological polar surface area (TPSA) is 49.7 Å². The number of hydrogen-bond acceptors (Lipinski definition) is 3. The number of halogens is 2. The van der Waals surface area contributed by atoms with E-state index in [0.29, 0.717) is 5.02 Å². The highest BCUT2D eigenvalue weighted by molar-refractivity contribution is 14.1. The third-order valence-electron chi connectivity index (χ3n) is 4.72. The van der Waals surface area contributed by atoms with E-state index in [1.165, 1.54) is 4.41 Å². The molecule has 0 fully saturated rings. The average Bonchev–Trinajstić information content (AvgIpc) is 3.10. The molecule has 0 bridgehead atoms. The van der Waals surface area contributed by atoms with Crippen molar-refractivity contribution in [1.29, 1.82) is 0 Å². The van der Waals surface area contributed by atoms with Crippen LogP contribution < -0.4 is 0 Å². The Labute approximate surface area is 171 Å². The minimum atomic E-state index is -3.72. The highest BCUT2D eigenvalue weighted by atomic mass is 127. The number of rotatable bonds is 3. The first kappa shape index (κ1) is 18.0. The number of allylic oxidation sites excluding steroid dienone is 1. The predicted octanol–water partition coefficient (Wildman–Crippen LogP) is 4.69. The minimum absolute atomic E-state index is 0.205. The minimum Gasteiger partial charge on any atom is -0.200 e. The van der Waals surface area contributed by atoms with E-state index in [2.05, 4.69) is 27.7 Å². The lowest BCUT2D eigenvalue weighted by Crippen LogP contribution is -2.43. The molecule has 0 spiro atoms. The molecule has 2 aromatic carbocycles. The van der Waals surface area contributed by atoms with Crippen LogP contribution in [-0.4, -0.2) is 24.6 Å². The molecule has 0 amide bonds. The Bertz CT molecular complexity index is 985. The summed E-state index contributed by atoms with van der Waals surface area (Å²) in [5.74, 6) is 0.205. The van der Waals surface area contributed by atoms with Crippen LogP contribution in [0.15, 0.2) is 70.7 Å². The first-order chi connectivity index (χ1) is 12.4. The Morgan fingerprint density at radius 3 is 2.46 bits per heavy atom. The Morgan fingerprint density at radius 2 is 1.77 bits per heavy atom. The van der Waals surface area contributed by atoms with E-state index in [0.717, 1.165) is 27.7 Å². The highest BCUT2D eigenvalue weighted by Gasteiger charge is 2.40. The van der Waals surface area contributed by atoms with E-state index in [9.17, 15) is 8.42 Å². The van der Waals surface area contributed by atoms with Crippen molar-refractivity contribution in [2.24, 2.45) is 11.0 Å². The van der Waals surface area contributed by atoms with Crippen molar-refractivity contribution in [2.75, 3.05) is 0 Å². The Morgan fingerprint density at radius 1 is 1.08 bits per heavy atom. The summed E-state index contributed by atoms with van der Waals surface area (Å²) in [5.41, 5.74) is 1.68. The molecule has 0 radical (unpaired) electrons. The van der Waals surface area contributed by atoms with Gasteiger partial charge in [-0.15, -0.1) is 0 Å². The summed E-state index contributed by atoms with van der Waals surface area (Å²) in [4.78, 5) is 0.262. The van der Waals surface area contributed by atoms with Gasteiger partial charge >= 0.3 is 0 Å². The van der Waals surface area contributed by atoms with Gasteiger partial charge < -0.3 is 0 Å². The van der Waals surface area contributed by atoms with Gasteiger partial charge in [0.15, 0.2) is 0 Å². The molecular formula is C19H16ClIN2O2S. The molecule has 4 rings (SSSR count). The van der Waals surface area contributed by atoms with Gasteiger partial charge in [-0.1, -0.05) is 35.9 Å². The standard InChI is InChI=1S/C19H16ClIN2O2S/c20-15-6-4-13(5-7-15)18-12-14-2-1-3-19(14)23(22-18)26(24,25)17-10-8-16(21)9-11-17/h1,3-11,14,19H,2,12H2. The lowest BCUT2D eigenvalue weighted by atomic mass is 9.92. The third kappa shape index (κ3) is 3.30. The lowest BCUT2D eigenvalue weighted by Gasteiger charge is -2.34. The zero-order valence-corrected chi connectivity index (χ0v) is 17.4. The molecule has 2 aromatic rings. The summed E-state index contributed by atoms with van der Waals surface area (Å²) in [6.07, 6.45) is 5.61. The van der Waals surface area contributed by atoms with Crippen LogP contribution in [0.5, 0.6) is 0 Å². The largest absolute Gasteiger partial charge is 0.279 e. The van der Waals surface area contributed by atoms with E-state index in [4.69, 9.17) is 11.6 Å². The Hall–Kier alpha value is -1.38. The molecule has 2 aliphatic rings. The van der Waals surface area contributed by atoms with Crippen molar-refractivity contribution < 1.29 is 8.42 Å². The fourth-order valence-corrected chi connectivity index (χ4v) is 5.32. The maximum Gasteiger partial charge on any atom is 0.279 e. The first-order valence-electron chi connectivity index (χ1n) is 8.25. The van der Waals surface area contributed by atoms with Crippen LogP contribution in [0.1, 0.15) is 18.4 Å². The van der Waals surface area contributed by atoms with Crippen LogP contribution in [-0.2, 0) is 10.0 Å². The fourth-order valence-electron chi connectivity index (χ4n) is 3.37. The molecule has 2 unspecified atom stereocenters. The molecule has 2 atom stereocenters. The maximum atomic E-state index is 13.2. The van der Waals surface area contributed by atoms with Crippen LogP contribution in [0, 0.1) is 9.49 Å². The summed E-state index contributed by atoms with van der Waals surface area (Å²) in [6.45, 7) is 0. The van der Waals surface area contributed by atoms with E-state index in [-0.39, 0.29) is 16.9 Å². The van der Waals surface area contributed by atoms with Gasteiger partial charge in [0, 0.05) is 8.59 Å². The highest BCUT2D eigenvalue weighted by Crippen LogP contribution is 2.36. The third-order valence-corrected chi connectivity index (χ3v) is 7.38. The maximum absolute atomic E-state index is 13.2. The molecule has 7 heteroatoms. The lowest BCUT2D eigenvalue weighted by molar-refractivity contribution is 0.287. The zero-order valence-electron chi connectivity index (χ0n) is 13.7. The molecular weight excluding hydrogens is 483 g/mol. The molecule has 1 heterocycles. The second-order valence-electron chi connectivity index (χ2n) is 6.40. The van der Waals surface area contributed by atoms with Crippen molar-refractivity contribution >= 4 is 49.9 Å². The number of hydrogen-bond donors (Lipinski definition) is 0. The summed E-state index contributed by atoms with van der Waals surface area (Å²) >= 11 is 8.14. The average molecular weight is 499 g/mol. The molecule has 26 heavy (non-hydrogen) atoms. The molecule has 4 nitrogen and oxygen atoms in total. The first-order valence-corrected chi connectivity index (χ1v) is 11.1. The molecule has 1 aliphatic carbocycles. The van der Waals surface area contributed by atoms with Gasteiger partial charge in [-0.2, -0.15) is 17.9 Å². The molecule has 0 N–H and O–H groups in total. The normalized spacial score (nSPS) is 22.2. The van der Waals surface area contributed by atoms with E-state index >= 15 is 0 Å². The zero-order chi connectivity index (χ0) is 18.3. The van der Waals surface area contributed by atoms with Crippen molar-refractivity contribution in [1.82, 2.24) is 4.41 Å². The predicted molar refractivity (Wildman–Crippen MR) is 112 cm³/mol. The molecule has 0 saturated carbocycles. The molecule has 1 aliphatic heterocycles. The fraction of sp³-hybridized carbons (Fsp3) is 0.211. The number of fused-ring (bicyclic) bond motifs is 1. The number of nitrogens with zero attached hydrogens (tertiary/aromatic N) is 2. The quantitative estimate of drug-likeness (QED) is 0.455. The Kier molecular flexibility index (Phi) is 4.83. The number of benzene rings is 2. The van der Waals surface area contributed by atoms with Crippen LogP contribution in [0.25, 0.3) is 0 Å². The molecule has 134 valence electrons. The number of sulfonamides is 1. The van der Waals surface area contributed by atoms with Crippen LogP contribution >= 0.6 is 34.2 Å². The van der Waals surface area contributed by atoms with Gasteiger partial charge in [0.25, 0.3) is 10.0 Å². The van der Waals surface area contributed by atoms with Gasteiger partial charge in [-0.05, 0) is 83.3 Å². The van der Waals surface area contributed by atoms with E-state index in [1.54, 1.807) is 36.4 Å². The van der Waals surface area contributed by atoms with E-state index < -0.39 is 10.0 Å². The monoisotopic (exact) mass is 498 g/mol. The summed E-state index contributed by atoms with van der Waals surface area (Å²) < 4.78 is 28.7. The van der Waals surface area contributed by atoms with Crippen molar-refractivity contribution in [3.63, 3.8) is 0 Å². The van der Waals surface area contributed by atoms with Gasteiger partial charge in [0.05, 0.1) is 16.6 Å². The summed E-state index contributed by atoms with van der Waals surface area (Å²) in [6, 6.07) is 14.0. The van der Waals surface area contributed by atoms with Gasteiger partial charge in [-0.25, -0.2) is 0 Å². The van der Waals surface area contributed by atoms with Crippen molar-refractivity contribution in [2.45, 2.75) is 23.8 Å². The van der Waals surface area contributed by atoms with Crippen molar-refractivity contribution in [3.8, 4) is 0 Å². The molecule has 0 aromatic heterocycles. The number of hydrazone groups is 1. The van der Waals surface area contributed by atoms with Gasteiger partial charge in [0.1, 0.15) is 0 Å². The Balaban J connectivity index is 1.78. The van der Waals surface area contributed by atoms with Crippen LogP contribution in [0.2, 0.25) is 5.02 Å². The van der Waals surface area contributed by atoms with Crippen molar-refractivity contribution in [3.05, 3.63) is 74.8 Å². The SMILES string of the molecule is O=S(=O)(c1ccc(I)cc1)N1N=C(c2ccc(Cl)cc2)CC2CC=CC21. The van der Waals surface area contributed by atoms with Crippen LogP contribution in [0.3, 0.4) is 0 Å². The summed E-state index contributed by atoms with van der Waals surface area (Å²) in [7, 11) is -3.72. The van der Waals surface area contributed by atoms with Gasteiger partial charge in [-0.3, -0.25) is 0 Å². The molecule has 0 saturated heterocycles. The second-order valence-corrected chi connectivity index (χ2v) is 9.88. The summed E-state index contributed by atoms with van der Waals surface area (Å²) in [5, 5.41) is 5.21.